The number of hydrogen-bond acceptors (Lipinski definition) is 8. The molecule has 8 nitrogen and oxygen atoms in total. The highest BCUT2D eigenvalue weighted by Gasteiger charge is 2.12. The summed E-state index contributed by atoms with van der Waals surface area (Å²) < 4.78 is 0. The van der Waals surface area contributed by atoms with Crippen molar-refractivity contribution in [2.45, 2.75) is 13.1 Å². The molecule has 8 heteroatoms. The first-order chi connectivity index (χ1) is 19.8. The molecule has 200 valence electrons. The Balaban J connectivity index is 1.30. The lowest BCUT2D eigenvalue weighted by Crippen LogP contribution is -2.37. The van der Waals surface area contributed by atoms with Gasteiger partial charge in [0.2, 0.25) is 0 Å². The van der Waals surface area contributed by atoms with Gasteiger partial charge in [0.1, 0.15) is 0 Å². The van der Waals surface area contributed by atoms with Crippen molar-refractivity contribution in [1.29, 1.82) is 0 Å². The van der Waals surface area contributed by atoms with Crippen LogP contribution in [0.2, 0.25) is 0 Å². The van der Waals surface area contributed by atoms with Gasteiger partial charge in [0.05, 0.1) is 46.9 Å². The van der Waals surface area contributed by atoms with Crippen molar-refractivity contribution in [3.8, 4) is 0 Å². The van der Waals surface area contributed by atoms with Gasteiger partial charge in [-0.1, -0.05) is 36.4 Å². The molecule has 0 fully saturated rings. The molecule has 1 aliphatic rings. The van der Waals surface area contributed by atoms with Crippen molar-refractivity contribution in [3.63, 3.8) is 0 Å². The van der Waals surface area contributed by atoms with Gasteiger partial charge in [0.15, 0.2) is 0 Å². The van der Waals surface area contributed by atoms with Crippen molar-refractivity contribution in [2.75, 3.05) is 39.3 Å². The van der Waals surface area contributed by atoms with Gasteiger partial charge in [-0.15, -0.1) is 0 Å². The summed E-state index contributed by atoms with van der Waals surface area (Å²) in [6.07, 6.45) is 7.46. The first-order valence-corrected chi connectivity index (χ1v) is 13.7. The summed E-state index contributed by atoms with van der Waals surface area (Å²) in [5.41, 5.74) is 5.55. The lowest BCUT2D eigenvalue weighted by atomic mass is 10.1. The molecule has 1 aliphatic heterocycles. The maximum atomic E-state index is 4.91. The molecular weight excluding hydrogens is 496 g/mol. The SMILES string of the molecule is C1=NCCN(Cc2ccccn2)CCN(Cc2ccccn2)CCN=Cc2ccc3ccc4ccc1nc4c3n2. The third-order valence-corrected chi connectivity index (χ3v) is 7.06. The summed E-state index contributed by atoms with van der Waals surface area (Å²) in [7, 11) is 0. The quantitative estimate of drug-likeness (QED) is 0.321. The molecule has 0 N–H and O–H groups in total. The summed E-state index contributed by atoms with van der Waals surface area (Å²) in [5.74, 6) is 0. The fourth-order valence-electron chi connectivity index (χ4n) is 4.92. The lowest BCUT2D eigenvalue weighted by molar-refractivity contribution is 0.197. The molecule has 0 aliphatic carbocycles. The zero-order chi connectivity index (χ0) is 27.0. The van der Waals surface area contributed by atoms with Crippen LogP contribution in [0.1, 0.15) is 22.8 Å². The van der Waals surface area contributed by atoms with Crippen molar-refractivity contribution >= 4 is 34.2 Å². The number of benzene rings is 1. The minimum absolute atomic E-state index is 0.676. The summed E-state index contributed by atoms with van der Waals surface area (Å²) in [5, 5.41) is 2.12. The molecule has 0 saturated carbocycles. The van der Waals surface area contributed by atoms with E-state index in [-0.39, 0.29) is 0 Å². The highest BCUT2D eigenvalue weighted by Crippen LogP contribution is 2.22. The van der Waals surface area contributed by atoms with Crippen LogP contribution in [-0.4, -0.2) is 81.4 Å². The molecule has 4 aromatic heterocycles. The van der Waals surface area contributed by atoms with Crippen LogP contribution in [0.15, 0.2) is 95.2 Å². The van der Waals surface area contributed by atoms with Crippen molar-refractivity contribution in [2.24, 2.45) is 9.98 Å². The van der Waals surface area contributed by atoms with Gasteiger partial charge in [0.25, 0.3) is 0 Å². The fourth-order valence-corrected chi connectivity index (χ4v) is 4.92. The molecule has 0 amide bonds. The van der Waals surface area contributed by atoms with Crippen LogP contribution in [-0.2, 0) is 13.1 Å². The van der Waals surface area contributed by atoms with Gasteiger partial charge in [-0.25, -0.2) is 9.97 Å². The number of aliphatic imine (C=N–C) groups is 2. The molecule has 6 rings (SSSR count). The van der Waals surface area contributed by atoms with E-state index in [1.807, 2.05) is 61.2 Å². The van der Waals surface area contributed by atoms with E-state index in [9.17, 15) is 0 Å². The van der Waals surface area contributed by atoms with E-state index in [1.54, 1.807) is 0 Å². The average molecular weight is 529 g/mol. The van der Waals surface area contributed by atoms with E-state index < -0.39 is 0 Å². The molecule has 0 unspecified atom stereocenters. The third-order valence-electron chi connectivity index (χ3n) is 7.06. The smallest absolute Gasteiger partial charge is 0.0972 e. The number of fused-ring (bicyclic) bond motifs is 2. The van der Waals surface area contributed by atoms with E-state index in [1.165, 1.54) is 0 Å². The van der Waals surface area contributed by atoms with Crippen LogP contribution >= 0.6 is 0 Å². The zero-order valence-corrected chi connectivity index (χ0v) is 22.5. The second kappa shape index (κ2) is 12.6. The molecule has 0 radical (unpaired) electrons. The van der Waals surface area contributed by atoms with Crippen molar-refractivity contribution < 1.29 is 0 Å². The Morgan fingerprint density at radius 3 is 1.45 bits per heavy atom. The maximum absolute atomic E-state index is 4.91. The van der Waals surface area contributed by atoms with E-state index >= 15 is 0 Å². The summed E-state index contributed by atoms with van der Waals surface area (Å²) in [6, 6.07) is 24.6. The zero-order valence-electron chi connectivity index (χ0n) is 22.5. The average Bonchev–Trinajstić information content (AvgIpc) is 3.00. The van der Waals surface area contributed by atoms with Gasteiger partial charge in [0, 0.05) is 74.9 Å². The number of nitrogens with zero attached hydrogens (tertiary/aromatic N) is 8. The van der Waals surface area contributed by atoms with Crippen molar-refractivity contribution in [1.82, 2.24) is 29.7 Å². The highest BCUT2D eigenvalue weighted by molar-refractivity contribution is 6.04. The van der Waals surface area contributed by atoms with Gasteiger partial charge in [-0.05, 0) is 36.4 Å². The summed E-state index contributed by atoms with van der Waals surface area (Å²) in [6.45, 7) is 6.33. The molecule has 1 aromatic carbocycles. The van der Waals surface area contributed by atoms with Gasteiger partial charge < -0.3 is 0 Å². The normalized spacial score (nSPS) is 15.7. The second-order valence-corrected chi connectivity index (χ2v) is 9.95. The van der Waals surface area contributed by atoms with Crippen LogP contribution < -0.4 is 0 Å². The van der Waals surface area contributed by atoms with E-state index in [0.29, 0.717) is 13.1 Å². The molecule has 40 heavy (non-hydrogen) atoms. The lowest BCUT2D eigenvalue weighted by Gasteiger charge is -2.27. The maximum Gasteiger partial charge on any atom is 0.0972 e. The van der Waals surface area contributed by atoms with E-state index in [4.69, 9.17) is 20.0 Å². The number of aromatic nitrogens is 4. The van der Waals surface area contributed by atoms with Crippen LogP contribution in [0.5, 0.6) is 0 Å². The molecule has 0 atom stereocenters. The fraction of sp³-hybridized carbons (Fsp3) is 0.250. The number of rotatable bonds is 4. The monoisotopic (exact) mass is 528 g/mol. The molecule has 0 spiro atoms. The van der Waals surface area contributed by atoms with Gasteiger partial charge >= 0.3 is 0 Å². The Labute approximate surface area is 234 Å². The molecule has 0 saturated heterocycles. The minimum atomic E-state index is 0.676. The van der Waals surface area contributed by atoms with E-state index in [0.717, 1.165) is 83.9 Å². The number of hydrogen-bond donors (Lipinski definition) is 0. The Bertz CT molecular complexity index is 1500. The highest BCUT2D eigenvalue weighted by atomic mass is 15.2. The summed E-state index contributed by atoms with van der Waals surface area (Å²) >= 11 is 0. The van der Waals surface area contributed by atoms with Gasteiger partial charge in [-0.2, -0.15) is 0 Å². The second-order valence-electron chi connectivity index (χ2n) is 9.95. The number of pyridine rings is 4. The van der Waals surface area contributed by atoms with E-state index in [2.05, 4.69) is 56.2 Å². The molecule has 5 aromatic rings. The minimum Gasteiger partial charge on any atom is -0.294 e. The van der Waals surface area contributed by atoms with Crippen molar-refractivity contribution in [3.05, 3.63) is 108 Å². The Morgan fingerprint density at radius 1 is 0.525 bits per heavy atom. The standard InChI is InChI=1S/C32H32N8/c1-3-13-35-29(5-1)23-39-17-15-33-21-27-11-9-25-7-8-26-10-12-28(38-32(26)31(25)37-27)22-34-16-18-40(20-19-39)24-30-6-2-4-14-36-30/h1-14,21-22H,15-20,23-24H2. The first-order valence-electron chi connectivity index (χ1n) is 13.7. The summed E-state index contributed by atoms with van der Waals surface area (Å²) in [4.78, 5) is 33.3. The molecule has 5 heterocycles. The van der Waals surface area contributed by atoms with Crippen LogP contribution in [0, 0.1) is 0 Å². The Morgan fingerprint density at radius 2 is 1.00 bits per heavy atom. The largest absolute Gasteiger partial charge is 0.294 e. The Kier molecular flexibility index (Phi) is 8.17. The van der Waals surface area contributed by atoms with Crippen LogP contribution in [0.3, 0.4) is 0 Å². The Hall–Kier alpha value is -4.40. The van der Waals surface area contributed by atoms with Gasteiger partial charge in [-0.3, -0.25) is 29.8 Å². The molecule has 4 bridgehead atoms. The van der Waals surface area contributed by atoms with Crippen LogP contribution in [0.25, 0.3) is 21.8 Å². The first kappa shape index (κ1) is 25.9. The molecular formula is C32H32N8. The topological polar surface area (TPSA) is 82.8 Å². The predicted octanol–water partition coefficient (Wildman–Crippen LogP) is 4.43. The predicted molar refractivity (Wildman–Crippen MR) is 161 cm³/mol. The van der Waals surface area contributed by atoms with Crippen LogP contribution in [0.4, 0.5) is 0 Å². The third kappa shape index (κ3) is 6.59.